The Morgan fingerprint density at radius 3 is 2.38 bits per heavy atom. The van der Waals surface area contributed by atoms with E-state index in [1.807, 2.05) is 0 Å². The standard InChI is InChI=1S/C24H17F4N3O/c1-30-12-11-15-3-2-4-20(22(15)30)23(32,24(26,27)28)17-5-10-21-16(13-17)14-29-31(21)19-8-6-18(25)7-9-19/h2-14,32H,1H3. The molecular weight excluding hydrogens is 422 g/mol. The molecule has 5 rings (SSSR count). The second-order valence-electron chi connectivity index (χ2n) is 7.68. The minimum Gasteiger partial charge on any atom is -0.372 e. The number of fused-ring (bicyclic) bond motifs is 2. The van der Waals surface area contributed by atoms with Gasteiger partial charge in [-0.25, -0.2) is 9.07 Å². The lowest BCUT2D eigenvalue weighted by molar-refractivity contribution is -0.247. The van der Waals surface area contributed by atoms with E-state index in [-0.39, 0.29) is 11.1 Å². The zero-order chi connectivity index (χ0) is 22.7. The molecule has 1 atom stereocenters. The van der Waals surface area contributed by atoms with Crippen LogP contribution in [0.4, 0.5) is 17.6 Å². The Balaban J connectivity index is 1.72. The fourth-order valence-corrected chi connectivity index (χ4v) is 4.17. The molecule has 1 N–H and O–H groups in total. The van der Waals surface area contributed by atoms with Crippen LogP contribution in [-0.4, -0.2) is 25.6 Å². The molecule has 0 saturated heterocycles. The average molecular weight is 439 g/mol. The predicted molar refractivity (Wildman–Crippen MR) is 113 cm³/mol. The molecule has 1 unspecified atom stereocenters. The molecule has 32 heavy (non-hydrogen) atoms. The minimum absolute atomic E-state index is 0.250. The van der Waals surface area contributed by atoms with Gasteiger partial charge in [0.25, 0.3) is 0 Å². The summed E-state index contributed by atoms with van der Waals surface area (Å²) in [6.07, 6.45) is -1.91. The maximum absolute atomic E-state index is 14.4. The van der Waals surface area contributed by atoms with Crippen molar-refractivity contribution in [2.75, 3.05) is 0 Å². The normalized spacial score (nSPS) is 14.2. The van der Waals surface area contributed by atoms with E-state index in [0.717, 1.165) is 0 Å². The summed E-state index contributed by atoms with van der Waals surface area (Å²) in [5.41, 5.74) is -2.40. The first-order chi connectivity index (χ1) is 15.2. The van der Waals surface area contributed by atoms with Crippen LogP contribution in [0, 0.1) is 5.82 Å². The minimum atomic E-state index is -4.98. The third-order valence-corrected chi connectivity index (χ3v) is 5.75. The second kappa shape index (κ2) is 6.93. The third kappa shape index (κ3) is 2.90. The molecular formula is C24H17F4N3O. The monoisotopic (exact) mass is 439 g/mol. The quantitative estimate of drug-likeness (QED) is 0.380. The molecule has 0 fully saturated rings. The topological polar surface area (TPSA) is 43.0 Å². The number of hydrogen-bond donors (Lipinski definition) is 1. The molecule has 0 aliphatic heterocycles. The van der Waals surface area contributed by atoms with E-state index in [2.05, 4.69) is 5.10 Å². The largest absolute Gasteiger partial charge is 0.425 e. The van der Waals surface area contributed by atoms with Crippen LogP contribution in [0.15, 0.2) is 79.1 Å². The number of aryl methyl sites for hydroxylation is 1. The Kier molecular flexibility index (Phi) is 4.39. The van der Waals surface area contributed by atoms with Crippen molar-refractivity contribution >= 4 is 21.8 Å². The average Bonchev–Trinajstić information content (AvgIpc) is 3.36. The van der Waals surface area contributed by atoms with Crippen LogP contribution < -0.4 is 0 Å². The van der Waals surface area contributed by atoms with E-state index in [0.29, 0.717) is 27.5 Å². The van der Waals surface area contributed by atoms with Crippen LogP contribution in [0.2, 0.25) is 0 Å². The molecule has 0 aliphatic rings. The van der Waals surface area contributed by atoms with Crippen LogP contribution >= 0.6 is 0 Å². The molecule has 162 valence electrons. The van der Waals surface area contributed by atoms with Crippen molar-refractivity contribution in [3.05, 3.63) is 96.1 Å². The van der Waals surface area contributed by atoms with Gasteiger partial charge in [0.15, 0.2) is 0 Å². The zero-order valence-corrected chi connectivity index (χ0v) is 16.8. The zero-order valence-electron chi connectivity index (χ0n) is 16.8. The first kappa shape index (κ1) is 20.3. The van der Waals surface area contributed by atoms with Gasteiger partial charge in [-0.2, -0.15) is 18.3 Å². The molecule has 0 amide bonds. The number of aromatic nitrogens is 3. The van der Waals surface area contributed by atoms with E-state index in [9.17, 15) is 22.7 Å². The van der Waals surface area contributed by atoms with Gasteiger partial charge >= 0.3 is 6.18 Å². The lowest BCUT2D eigenvalue weighted by atomic mass is 9.84. The summed E-state index contributed by atoms with van der Waals surface area (Å²) in [7, 11) is 1.64. The Morgan fingerprint density at radius 2 is 1.66 bits per heavy atom. The summed E-state index contributed by atoms with van der Waals surface area (Å²) in [5.74, 6) is -0.405. The number of hydrogen-bond acceptors (Lipinski definition) is 2. The number of halogens is 4. The molecule has 0 bridgehead atoms. The lowest BCUT2D eigenvalue weighted by Crippen LogP contribution is -2.43. The van der Waals surface area contributed by atoms with Crippen molar-refractivity contribution in [1.29, 1.82) is 0 Å². The van der Waals surface area contributed by atoms with Gasteiger partial charge in [0, 0.05) is 24.2 Å². The van der Waals surface area contributed by atoms with Crippen molar-refractivity contribution in [2.24, 2.45) is 7.05 Å². The molecule has 2 aromatic heterocycles. The van der Waals surface area contributed by atoms with E-state index >= 15 is 0 Å². The number of nitrogens with zero attached hydrogens (tertiary/aromatic N) is 3. The Morgan fingerprint density at radius 1 is 0.906 bits per heavy atom. The highest BCUT2D eigenvalue weighted by atomic mass is 19.4. The van der Waals surface area contributed by atoms with Gasteiger partial charge in [0.1, 0.15) is 5.82 Å². The summed E-state index contributed by atoms with van der Waals surface area (Å²) >= 11 is 0. The maximum Gasteiger partial charge on any atom is 0.425 e. The molecule has 8 heteroatoms. The van der Waals surface area contributed by atoms with Crippen molar-refractivity contribution in [3.8, 4) is 5.69 Å². The molecule has 4 nitrogen and oxygen atoms in total. The smallest absolute Gasteiger partial charge is 0.372 e. The first-order valence-corrected chi connectivity index (χ1v) is 9.78. The SMILES string of the molecule is Cn1ccc2cccc(C(O)(c3ccc4c(cnn4-c4ccc(F)cc4)c3)C(F)(F)F)c21. The van der Waals surface area contributed by atoms with Crippen LogP contribution in [-0.2, 0) is 12.6 Å². The van der Waals surface area contributed by atoms with Crippen molar-refractivity contribution < 1.29 is 22.7 Å². The number of alkyl halides is 3. The number of aliphatic hydroxyl groups is 1. The fourth-order valence-electron chi connectivity index (χ4n) is 4.17. The van der Waals surface area contributed by atoms with E-state index in [1.165, 1.54) is 65.5 Å². The van der Waals surface area contributed by atoms with E-state index in [1.54, 1.807) is 29.9 Å². The first-order valence-electron chi connectivity index (χ1n) is 9.78. The van der Waals surface area contributed by atoms with Crippen LogP contribution in [0.5, 0.6) is 0 Å². The Labute approximate surface area is 179 Å². The van der Waals surface area contributed by atoms with Crippen molar-refractivity contribution in [1.82, 2.24) is 14.3 Å². The molecule has 0 radical (unpaired) electrons. The van der Waals surface area contributed by atoms with Gasteiger partial charge in [-0.3, -0.25) is 0 Å². The highest BCUT2D eigenvalue weighted by Crippen LogP contribution is 2.47. The third-order valence-electron chi connectivity index (χ3n) is 5.75. The molecule has 2 heterocycles. The van der Waals surface area contributed by atoms with Gasteiger partial charge in [-0.05, 0) is 53.4 Å². The molecule has 0 spiro atoms. The highest BCUT2D eigenvalue weighted by molar-refractivity contribution is 5.86. The Bertz CT molecular complexity index is 1450. The molecule has 5 aromatic rings. The number of benzene rings is 3. The summed E-state index contributed by atoms with van der Waals surface area (Å²) in [4.78, 5) is 0. The van der Waals surface area contributed by atoms with Crippen LogP contribution in [0.1, 0.15) is 11.1 Å². The summed E-state index contributed by atoms with van der Waals surface area (Å²) in [5, 5.41) is 16.5. The lowest BCUT2D eigenvalue weighted by Gasteiger charge is -2.32. The second-order valence-corrected chi connectivity index (χ2v) is 7.68. The summed E-state index contributed by atoms with van der Waals surface area (Å²) in [6.45, 7) is 0. The van der Waals surface area contributed by atoms with Gasteiger partial charge in [0.05, 0.1) is 22.9 Å². The maximum atomic E-state index is 14.4. The number of para-hydroxylation sites is 1. The molecule has 3 aromatic carbocycles. The Hall–Kier alpha value is -3.65. The van der Waals surface area contributed by atoms with Gasteiger partial charge < -0.3 is 9.67 Å². The summed E-state index contributed by atoms with van der Waals surface area (Å²) in [6, 6.07) is 15.8. The van der Waals surface area contributed by atoms with Gasteiger partial charge in [-0.15, -0.1) is 0 Å². The van der Waals surface area contributed by atoms with Gasteiger partial charge in [0.2, 0.25) is 5.60 Å². The van der Waals surface area contributed by atoms with Crippen LogP contribution in [0.25, 0.3) is 27.5 Å². The summed E-state index contributed by atoms with van der Waals surface area (Å²) < 4.78 is 59.6. The highest BCUT2D eigenvalue weighted by Gasteiger charge is 2.57. The number of rotatable bonds is 3. The van der Waals surface area contributed by atoms with E-state index in [4.69, 9.17) is 0 Å². The van der Waals surface area contributed by atoms with Gasteiger partial charge in [-0.1, -0.05) is 24.3 Å². The fraction of sp³-hybridized carbons (Fsp3) is 0.125. The van der Waals surface area contributed by atoms with Crippen molar-refractivity contribution in [2.45, 2.75) is 11.8 Å². The van der Waals surface area contributed by atoms with E-state index < -0.39 is 17.6 Å². The molecule has 0 saturated carbocycles. The van der Waals surface area contributed by atoms with Crippen LogP contribution in [0.3, 0.4) is 0 Å². The molecule has 0 aliphatic carbocycles. The van der Waals surface area contributed by atoms with Crippen molar-refractivity contribution in [3.63, 3.8) is 0 Å². The predicted octanol–water partition coefficient (Wildman–Crippen LogP) is 5.45.